The molecule has 0 unspecified atom stereocenters. The standard InChI is InChI=1S/C19H16F3P/c20-19(21,22)23(16-10-4-1-5-11-16,17-12-6-2-7-13-17)18-14-8-3-9-15-18/h1-15,23H. The van der Waals surface area contributed by atoms with E-state index in [0.717, 1.165) is 0 Å². The number of hydrogen-bond acceptors (Lipinski definition) is 0. The van der Waals surface area contributed by atoms with E-state index >= 15 is 0 Å². The minimum atomic E-state index is -4.34. The van der Waals surface area contributed by atoms with Crippen LogP contribution in [0.4, 0.5) is 13.2 Å². The molecule has 0 amide bonds. The summed E-state index contributed by atoms with van der Waals surface area (Å²) in [6, 6.07) is 24.9. The van der Waals surface area contributed by atoms with Gasteiger partial charge in [0.25, 0.3) is 0 Å². The first-order valence-electron chi connectivity index (χ1n) is 7.30. The molecule has 0 aliphatic heterocycles. The second-order valence-electron chi connectivity index (χ2n) is 5.35. The van der Waals surface area contributed by atoms with Crippen molar-refractivity contribution in [2.45, 2.75) is 5.92 Å². The molecule has 0 aliphatic rings. The van der Waals surface area contributed by atoms with Crippen LogP contribution in [0.2, 0.25) is 0 Å². The number of hydrogen-bond donors (Lipinski definition) is 0. The first-order chi connectivity index (χ1) is 11.1. The van der Waals surface area contributed by atoms with Crippen molar-refractivity contribution >= 4 is 23.2 Å². The second-order valence-corrected chi connectivity index (χ2v) is 9.14. The predicted octanol–water partition coefficient (Wildman–Crippen LogP) is 4.23. The minimum absolute atomic E-state index is 0.352. The molecule has 0 fully saturated rings. The van der Waals surface area contributed by atoms with E-state index in [9.17, 15) is 13.2 Å². The molecule has 23 heavy (non-hydrogen) atoms. The summed E-state index contributed by atoms with van der Waals surface area (Å²) in [5.41, 5.74) is 0. The second kappa shape index (κ2) is 6.17. The SMILES string of the molecule is FC(F)(F)[PH](c1ccccc1)(c1ccccc1)c1ccccc1. The predicted molar refractivity (Wildman–Crippen MR) is 92.6 cm³/mol. The Balaban J connectivity index is 2.41. The molecular weight excluding hydrogens is 316 g/mol. The zero-order valence-corrected chi connectivity index (χ0v) is 13.3. The van der Waals surface area contributed by atoms with Crippen LogP contribution in [0.25, 0.3) is 0 Å². The van der Waals surface area contributed by atoms with Crippen LogP contribution < -0.4 is 15.9 Å². The van der Waals surface area contributed by atoms with E-state index in [1.54, 1.807) is 91.0 Å². The molecule has 0 spiro atoms. The Labute approximate surface area is 133 Å². The van der Waals surface area contributed by atoms with Gasteiger partial charge in [-0.05, 0) is 0 Å². The molecule has 118 valence electrons. The fourth-order valence-corrected chi connectivity index (χ4v) is 7.11. The van der Waals surface area contributed by atoms with Crippen molar-refractivity contribution in [2.24, 2.45) is 0 Å². The van der Waals surface area contributed by atoms with Gasteiger partial charge in [-0.3, -0.25) is 0 Å². The summed E-state index contributed by atoms with van der Waals surface area (Å²) in [5.74, 6) is -4.34. The van der Waals surface area contributed by atoms with Crippen LogP contribution in [0, 0.1) is 0 Å². The summed E-state index contributed by atoms with van der Waals surface area (Å²) in [6.07, 6.45) is 0. The Morgan fingerprint density at radius 3 is 0.957 bits per heavy atom. The fourth-order valence-electron chi connectivity index (χ4n) is 3.06. The summed E-state index contributed by atoms with van der Waals surface area (Å²) in [6.45, 7) is 0. The monoisotopic (exact) mass is 332 g/mol. The van der Waals surface area contributed by atoms with Crippen LogP contribution in [0.1, 0.15) is 0 Å². The Hall–Kier alpha value is -2.12. The third kappa shape index (κ3) is 2.66. The molecular formula is C19H16F3P. The topological polar surface area (TPSA) is 0 Å². The third-order valence-electron chi connectivity index (χ3n) is 4.05. The first kappa shape index (κ1) is 15.8. The van der Waals surface area contributed by atoms with Crippen molar-refractivity contribution in [3.63, 3.8) is 0 Å². The molecule has 0 heterocycles. The van der Waals surface area contributed by atoms with Crippen molar-refractivity contribution < 1.29 is 13.2 Å². The summed E-state index contributed by atoms with van der Waals surface area (Å²) < 4.78 is 43.5. The van der Waals surface area contributed by atoms with Crippen LogP contribution in [-0.2, 0) is 0 Å². The van der Waals surface area contributed by atoms with Crippen molar-refractivity contribution in [3.05, 3.63) is 91.0 Å². The van der Waals surface area contributed by atoms with Gasteiger partial charge in [-0.1, -0.05) is 0 Å². The van der Waals surface area contributed by atoms with Gasteiger partial charge in [0.2, 0.25) is 0 Å². The Morgan fingerprint density at radius 2 is 0.739 bits per heavy atom. The van der Waals surface area contributed by atoms with E-state index in [4.69, 9.17) is 0 Å². The molecule has 0 radical (unpaired) electrons. The summed E-state index contributed by atoms with van der Waals surface area (Å²) in [7, 11) is -4.13. The molecule has 0 saturated heterocycles. The average molecular weight is 332 g/mol. The van der Waals surface area contributed by atoms with Gasteiger partial charge >= 0.3 is 133 Å². The fraction of sp³-hybridized carbons (Fsp3) is 0.0526. The number of alkyl halides is 3. The van der Waals surface area contributed by atoms with E-state index in [1.165, 1.54) is 0 Å². The molecule has 0 aliphatic carbocycles. The Bertz CT molecular complexity index is 656. The van der Waals surface area contributed by atoms with Crippen LogP contribution in [-0.4, -0.2) is 5.92 Å². The van der Waals surface area contributed by atoms with Gasteiger partial charge in [0.05, 0.1) is 0 Å². The Morgan fingerprint density at radius 1 is 0.478 bits per heavy atom. The quantitative estimate of drug-likeness (QED) is 0.630. The van der Waals surface area contributed by atoms with Crippen molar-refractivity contribution in [2.75, 3.05) is 0 Å². The van der Waals surface area contributed by atoms with Gasteiger partial charge in [0.15, 0.2) is 0 Å². The first-order valence-corrected chi connectivity index (χ1v) is 9.30. The van der Waals surface area contributed by atoms with E-state index in [-0.39, 0.29) is 0 Å². The molecule has 3 aromatic carbocycles. The summed E-state index contributed by atoms with van der Waals surface area (Å²) in [5, 5.41) is 1.06. The molecule has 3 rings (SSSR count). The van der Waals surface area contributed by atoms with Crippen molar-refractivity contribution in [3.8, 4) is 0 Å². The van der Waals surface area contributed by atoms with Crippen molar-refractivity contribution in [1.29, 1.82) is 0 Å². The van der Waals surface area contributed by atoms with Gasteiger partial charge in [-0.2, -0.15) is 0 Å². The van der Waals surface area contributed by atoms with Gasteiger partial charge in [0, 0.05) is 0 Å². The summed E-state index contributed by atoms with van der Waals surface area (Å²) in [4.78, 5) is 0. The van der Waals surface area contributed by atoms with Gasteiger partial charge in [0.1, 0.15) is 0 Å². The number of rotatable bonds is 3. The molecule has 0 nitrogen and oxygen atoms in total. The molecule has 0 bridgehead atoms. The van der Waals surface area contributed by atoms with Crippen LogP contribution in [0.3, 0.4) is 0 Å². The third-order valence-corrected chi connectivity index (χ3v) is 8.49. The number of halogens is 3. The Kier molecular flexibility index (Phi) is 4.23. The molecule has 3 aromatic rings. The molecule has 4 heteroatoms. The van der Waals surface area contributed by atoms with Gasteiger partial charge in [-0.15, -0.1) is 0 Å². The van der Waals surface area contributed by atoms with E-state index in [0.29, 0.717) is 15.9 Å². The maximum absolute atomic E-state index is 14.5. The maximum atomic E-state index is 14.5. The normalized spacial score (nSPS) is 12.8. The zero-order chi connectivity index (χ0) is 16.3. The van der Waals surface area contributed by atoms with Crippen LogP contribution in [0.5, 0.6) is 0 Å². The van der Waals surface area contributed by atoms with Gasteiger partial charge < -0.3 is 0 Å². The van der Waals surface area contributed by atoms with Gasteiger partial charge in [-0.25, -0.2) is 0 Å². The summed E-state index contributed by atoms with van der Waals surface area (Å²) >= 11 is 0. The van der Waals surface area contributed by atoms with Crippen LogP contribution in [0.15, 0.2) is 91.0 Å². The average Bonchev–Trinajstić information content (AvgIpc) is 2.57. The molecule has 0 N–H and O–H groups in total. The van der Waals surface area contributed by atoms with Crippen LogP contribution >= 0.6 is 7.26 Å². The zero-order valence-electron chi connectivity index (χ0n) is 12.3. The molecule has 0 atom stereocenters. The van der Waals surface area contributed by atoms with E-state index in [2.05, 4.69) is 0 Å². The van der Waals surface area contributed by atoms with E-state index in [1.807, 2.05) is 0 Å². The number of benzene rings is 3. The molecule has 0 aromatic heterocycles. The van der Waals surface area contributed by atoms with E-state index < -0.39 is 13.2 Å². The van der Waals surface area contributed by atoms with Crippen molar-refractivity contribution in [1.82, 2.24) is 0 Å². The molecule has 0 saturated carbocycles.